The van der Waals surface area contributed by atoms with Crippen molar-refractivity contribution in [1.82, 2.24) is 0 Å². The van der Waals surface area contributed by atoms with Gasteiger partial charge in [-0.1, -0.05) is 74.6 Å². The largest absolute Gasteiger partial charge is 0.465 e. The molecule has 0 unspecified atom stereocenters. The predicted molar refractivity (Wildman–Crippen MR) is 138 cm³/mol. The zero-order valence-electron chi connectivity index (χ0n) is 20.9. The van der Waals surface area contributed by atoms with E-state index in [9.17, 15) is 9.59 Å². The van der Waals surface area contributed by atoms with Gasteiger partial charge in [-0.2, -0.15) is 0 Å². The van der Waals surface area contributed by atoms with Gasteiger partial charge in [0.25, 0.3) is 0 Å². The number of carbonyl (C=O) groups excluding carboxylic acids is 2. The van der Waals surface area contributed by atoms with Gasteiger partial charge in [-0.15, -0.1) is 0 Å². The number of methoxy groups -OCH3 is 1. The highest BCUT2D eigenvalue weighted by Gasteiger charge is 2.34. The number of carbonyl (C=O) groups is 2. The van der Waals surface area contributed by atoms with E-state index in [1.165, 1.54) is 49.5 Å². The summed E-state index contributed by atoms with van der Waals surface area (Å²) >= 11 is 0. The van der Waals surface area contributed by atoms with Crippen molar-refractivity contribution >= 4 is 11.9 Å². The van der Waals surface area contributed by atoms with Crippen LogP contribution in [0, 0.1) is 12.8 Å². The third kappa shape index (κ3) is 5.64. The standard InChI is InChI=1S/C31H34O4/c1-22-6-4-20-31(21-5-7-22,26-14-8-23(2)9-15-26)27-16-18-28(19-17-27)35-30(33)25-12-10-24(11-13-25)29(32)34-3/h8-19,22H,4-7,20-21H2,1-3H3. The summed E-state index contributed by atoms with van der Waals surface area (Å²) in [6, 6.07) is 23.3. The van der Waals surface area contributed by atoms with Crippen LogP contribution in [0.2, 0.25) is 0 Å². The van der Waals surface area contributed by atoms with Crippen molar-refractivity contribution in [3.63, 3.8) is 0 Å². The Morgan fingerprint density at radius 1 is 0.743 bits per heavy atom. The van der Waals surface area contributed by atoms with Gasteiger partial charge in [0, 0.05) is 5.41 Å². The number of ether oxygens (including phenoxy) is 2. The first-order valence-corrected chi connectivity index (χ1v) is 12.5. The minimum atomic E-state index is -0.456. The molecule has 1 fully saturated rings. The van der Waals surface area contributed by atoms with Crippen molar-refractivity contribution in [3.8, 4) is 5.75 Å². The number of benzene rings is 3. The molecule has 3 aromatic rings. The highest BCUT2D eigenvalue weighted by atomic mass is 16.5. The second-order valence-corrected chi connectivity index (χ2v) is 9.82. The van der Waals surface area contributed by atoms with E-state index in [2.05, 4.69) is 50.2 Å². The lowest BCUT2D eigenvalue weighted by atomic mass is 9.66. The Kier molecular flexibility index (Phi) is 7.70. The maximum Gasteiger partial charge on any atom is 0.343 e. The zero-order valence-corrected chi connectivity index (χ0v) is 20.9. The molecule has 4 heteroatoms. The molecule has 0 spiro atoms. The average molecular weight is 471 g/mol. The second-order valence-electron chi connectivity index (χ2n) is 9.82. The molecule has 4 rings (SSSR count). The molecule has 1 aliphatic carbocycles. The highest BCUT2D eigenvalue weighted by Crippen LogP contribution is 2.44. The van der Waals surface area contributed by atoms with Gasteiger partial charge in [0.15, 0.2) is 0 Å². The Balaban J connectivity index is 1.56. The number of hydrogen-bond donors (Lipinski definition) is 0. The van der Waals surface area contributed by atoms with Crippen molar-refractivity contribution in [2.45, 2.75) is 57.8 Å². The second kappa shape index (κ2) is 10.9. The summed E-state index contributed by atoms with van der Waals surface area (Å²) in [6.45, 7) is 4.49. The normalized spacial score (nSPS) is 20.4. The number of aryl methyl sites for hydroxylation is 1. The quantitative estimate of drug-likeness (QED) is 0.290. The van der Waals surface area contributed by atoms with Gasteiger partial charge in [0.05, 0.1) is 18.2 Å². The van der Waals surface area contributed by atoms with E-state index >= 15 is 0 Å². The van der Waals surface area contributed by atoms with Crippen LogP contribution in [0.15, 0.2) is 72.8 Å². The number of rotatable bonds is 5. The number of hydrogen-bond acceptors (Lipinski definition) is 4. The molecular weight excluding hydrogens is 436 g/mol. The summed E-state index contributed by atoms with van der Waals surface area (Å²) in [5.41, 5.74) is 4.66. The molecule has 0 bridgehead atoms. The molecule has 35 heavy (non-hydrogen) atoms. The van der Waals surface area contributed by atoms with Crippen LogP contribution in [0.3, 0.4) is 0 Å². The maximum absolute atomic E-state index is 12.6. The summed E-state index contributed by atoms with van der Waals surface area (Å²) < 4.78 is 10.3. The molecular formula is C31H34O4. The zero-order chi connectivity index (χ0) is 24.8. The molecule has 0 N–H and O–H groups in total. The van der Waals surface area contributed by atoms with Crippen LogP contribution in [0.25, 0.3) is 0 Å². The van der Waals surface area contributed by atoms with Gasteiger partial charge in [0.2, 0.25) is 0 Å². The Hall–Kier alpha value is -3.40. The lowest BCUT2D eigenvalue weighted by molar-refractivity contribution is 0.0599. The van der Waals surface area contributed by atoms with E-state index in [1.807, 2.05) is 12.1 Å². The molecule has 4 nitrogen and oxygen atoms in total. The molecule has 0 atom stereocenters. The van der Waals surface area contributed by atoms with Crippen molar-refractivity contribution in [3.05, 3.63) is 101 Å². The van der Waals surface area contributed by atoms with Gasteiger partial charge in [0.1, 0.15) is 5.75 Å². The molecule has 1 saturated carbocycles. The summed E-state index contributed by atoms with van der Waals surface area (Å²) in [6.07, 6.45) is 7.16. The molecule has 182 valence electrons. The predicted octanol–water partition coefficient (Wildman–Crippen LogP) is 7.28. The first kappa shape index (κ1) is 24.7. The Morgan fingerprint density at radius 3 is 1.74 bits per heavy atom. The van der Waals surface area contributed by atoms with Gasteiger partial charge >= 0.3 is 11.9 Å². The van der Waals surface area contributed by atoms with Crippen LogP contribution in [0.5, 0.6) is 5.75 Å². The summed E-state index contributed by atoms with van der Waals surface area (Å²) in [5.74, 6) is 0.401. The Bertz CT molecular complexity index is 1130. The van der Waals surface area contributed by atoms with Crippen LogP contribution in [-0.4, -0.2) is 19.0 Å². The molecule has 3 aromatic carbocycles. The van der Waals surface area contributed by atoms with Crippen LogP contribution >= 0.6 is 0 Å². The number of esters is 2. The highest BCUT2D eigenvalue weighted by molar-refractivity contribution is 5.94. The first-order valence-electron chi connectivity index (χ1n) is 12.5. The molecule has 0 heterocycles. The topological polar surface area (TPSA) is 52.6 Å². The molecule has 0 aromatic heterocycles. The fourth-order valence-electron chi connectivity index (χ4n) is 5.26. The fraction of sp³-hybridized carbons (Fsp3) is 0.355. The Labute approximate surface area is 208 Å². The molecule has 0 saturated heterocycles. The molecule has 1 aliphatic rings. The van der Waals surface area contributed by atoms with Gasteiger partial charge in [-0.05, 0) is 73.2 Å². The van der Waals surface area contributed by atoms with Crippen molar-refractivity contribution in [1.29, 1.82) is 0 Å². The van der Waals surface area contributed by atoms with Gasteiger partial charge in [-0.3, -0.25) is 0 Å². The van der Waals surface area contributed by atoms with Crippen LogP contribution in [0.4, 0.5) is 0 Å². The van der Waals surface area contributed by atoms with E-state index in [0.717, 1.165) is 18.8 Å². The van der Waals surface area contributed by atoms with Crippen LogP contribution in [-0.2, 0) is 10.2 Å². The van der Waals surface area contributed by atoms with E-state index in [1.54, 1.807) is 24.3 Å². The van der Waals surface area contributed by atoms with E-state index in [4.69, 9.17) is 9.47 Å². The third-order valence-electron chi connectivity index (χ3n) is 7.36. The van der Waals surface area contributed by atoms with Gasteiger partial charge < -0.3 is 9.47 Å². The van der Waals surface area contributed by atoms with E-state index in [-0.39, 0.29) is 5.41 Å². The van der Waals surface area contributed by atoms with Gasteiger partial charge in [-0.25, -0.2) is 9.59 Å². The smallest absolute Gasteiger partial charge is 0.343 e. The molecule has 0 aliphatic heterocycles. The summed E-state index contributed by atoms with van der Waals surface area (Å²) in [4.78, 5) is 24.3. The summed E-state index contributed by atoms with van der Waals surface area (Å²) in [5, 5.41) is 0. The monoisotopic (exact) mass is 470 g/mol. The lowest BCUT2D eigenvalue weighted by Crippen LogP contribution is -2.29. The molecule has 0 amide bonds. The third-order valence-corrected chi connectivity index (χ3v) is 7.36. The fourth-order valence-corrected chi connectivity index (χ4v) is 5.26. The minimum absolute atomic E-state index is 0.0277. The average Bonchev–Trinajstić information content (AvgIpc) is 2.87. The Morgan fingerprint density at radius 2 is 1.23 bits per heavy atom. The minimum Gasteiger partial charge on any atom is -0.465 e. The van der Waals surface area contributed by atoms with Crippen LogP contribution < -0.4 is 4.74 Å². The SMILES string of the molecule is COC(=O)c1ccc(C(=O)Oc2ccc(C3(c4ccc(C)cc4)CCCC(C)CCC3)cc2)cc1. The van der Waals surface area contributed by atoms with Crippen molar-refractivity contribution in [2.24, 2.45) is 5.92 Å². The van der Waals surface area contributed by atoms with Crippen molar-refractivity contribution < 1.29 is 19.1 Å². The van der Waals surface area contributed by atoms with E-state index < -0.39 is 11.9 Å². The maximum atomic E-state index is 12.6. The van der Waals surface area contributed by atoms with Crippen LogP contribution in [0.1, 0.15) is 82.9 Å². The van der Waals surface area contributed by atoms with Crippen molar-refractivity contribution in [2.75, 3.05) is 7.11 Å². The summed E-state index contributed by atoms with van der Waals surface area (Å²) in [7, 11) is 1.33. The first-order chi connectivity index (χ1) is 16.9. The molecule has 0 radical (unpaired) electrons. The van der Waals surface area contributed by atoms with E-state index in [0.29, 0.717) is 16.9 Å². The lowest BCUT2D eigenvalue weighted by Gasteiger charge is -2.38.